The Balaban J connectivity index is 1.35. The minimum Gasteiger partial charge on any atom is -0.331 e. The molecule has 7 nitrogen and oxygen atoms in total. The lowest BCUT2D eigenvalue weighted by molar-refractivity contribution is -0.116. The molecule has 7 heteroatoms. The lowest BCUT2D eigenvalue weighted by Gasteiger charge is -2.17. The van der Waals surface area contributed by atoms with Gasteiger partial charge in [0.25, 0.3) is 5.91 Å². The maximum absolute atomic E-state index is 12.5. The highest BCUT2D eigenvalue weighted by Gasteiger charge is 2.30. The van der Waals surface area contributed by atoms with Gasteiger partial charge in [-0.1, -0.05) is 24.8 Å². The van der Waals surface area contributed by atoms with Gasteiger partial charge in [0.15, 0.2) is 5.82 Å². The largest absolute Gasteiger partial charge is 0.331 e. The van der Waals surface area contributed by atoms with E-state index in [-0.39, 0.29) is 30.6 Å². The number of rotatable bonds is 6. The first-order chi connectivity index (χ1) is 14.5. The first-order valence-electron chi connectivity index (χ1n) is 9.48. The van der Waals surface area contributed by atoms with Crippen LogP contribution in [-0.4, -0.2) is 38.6 Å². The normalized spacial score (nSPS) is 12.8. The van der Waals surface area contributed by atoms with Crippen molar-refractivity contribution in [3.63, 3.8) is 0 Å². The first-order valence-corrected chi connectivity index (χ1v) is 9.48. The summed E-state index contributed by atoms with van der Waals surface area (Å²) < 4.78 is 1.66. The minimum absolute atomic E-state index is 0.132. The fourth-order valence-electron chi connectivity index (χ4n) is 3.43. The lowest BCUT2D eigenvalue weighted by atomic mass is 10.1. The summed E-state index contributed by atoms with van der Waals surface area (Å²) in [7, 11) is 1.76. The van der Waals surface area contributed by atoms with Crippen LogP contribution < -0.4 is 5.32 Å². The van der Waals surface area contributed by atoms with E-state index in [0.29, 0.717) is 28.3 Å². The second kappa shape index (κ2) is 7.79. The molecule has 0 atom stereocenters. The Kier molecular flexibility index (Phi) is 5.02. The fraction of sp³-hybridized carbons (Fsp3) is 0.130. The number of benzene rings is 2. The van der Waals surface area contributed by atoms with Crippen LogP contribution in [0, 0.1) is 0 Å². The summed E-state index contributed by atoms with van der Waals surface area (Å²) in [5, 5.41) is 2.79. The Labute approximate surface area is 173 Å². The predicted molar refractivity (Wildman–Crippen MR) is 113 cm³/mol. The number of imidazole rings is 1. The fourth-order valence-corrected chi connectivity index (χ4v) is 3.43. The lowest BCUT2D eigenvalue weighted by Crippen LogP contribution is -2.27. The van der Waals surface area contributed by atoms with Crippen LogP contribution in [0.25, 0.3) is 5.70 Å². The van der Waals surface area contributed by atoms with Crippen molar-refractivity contribution >= 4 is 29.0 Å². The molecule has 30 heavy (non-hydrogen) atoms. The molecule has 1 aromatic heterocycles. The molecule has 1 aliphatic heterocycles. The molecule has 0 saturated carbocycles. The van der Waals surface area contributed by atoms with Crippen LogP contribution in [0.5, 0.6) is 0 Å². The van der Waals surface area contributed by atoms with E-state index in [1.807, 2.05) is 18.2 Å². The van der Waals surface area contributed by atoms with Crippen molar-refractivity contribution in [3.05, 3.63) is 90.0 Å². The number of ketones is 1. The Morgan fingerprint density at radius 1 is 1.07 bits per heavy atom. The Bertz CT molecular complexity index is 1130. The van der Waals surface area contributed by atoms with Crippen LogP contribution in [0.15, 0.2) is 67.5 Å². The van der Waals surface area contributed by atoms with E-state index < -0.39 is 0 Å². The van der Waals surface area contributed by atoms with Crippen molar-refractivity contribution in [1.82, 2.24) is 14.5 Å². The Morgan fingerprint density at radius 2 is 1.77 bits per heavy atom. The van der Waals surface area contributed by atoms with Gasteiger partial charge in [0.05, 0.1) is 0 Å². The van der Waals surface area contributed by atoms with Gasteiger partial charge in [0, 0.05) is 60.5 Å². The van der Waals surface area contributed by atoms with Crippen LogP contribution in [0.2, 0.25) is 0 Å². The third-order valence-electron chi connectivity index (χ3n) is 5.06. The quantitative estimate of drug-likeness (QED) is 0.645. The van der Waals surface area contributed by atoms with Crippen molar-refractivity contribution in [1.29, 1.82) is 0 Å². The number of carbonyl (C=O) groups is 3. The van der Waals surface area contributed by atoms with Gasteiger partial charge in [-0.15, -0.1) is 0 Å². The van der Waals surface area contributed by atoms with E-state index in [0.717, 1.165) is 5.56 Å². The monoisotopic (exact) mass is 400 g/mol. The average molecular weight is 400 g/mol. The third-order valence-corrected chi connectivity index (χ3v) is 5.06. The summed E-state index contributed by atoms with van der Waals surface area (Å²) in [6.07, 6.45) is 3.41. The molecule has 0 saturated heterocycles. The number of hydrogen-bond donors (Lipinski definition) is 1. The predicted octanol–water partition coefficient (Wildman–Crippen LogP) is 3.11. The van der Waals surface area contributed by atoms with E-state index in [9.17, 15) is 14.4 Å². The summed E-state index contributed by atoms with van der Waals surface area (Å²) in [4.78, 5) is 42.9. The third kappa shape index (κ3) is 3.53. The molecule has 0 spiro atoms. The molecule has 0 radical (unpaired) electrons. The molecule has 0 unspecified atom stereocenters. The Hall–Kier alpha value is -4.00. The average Bonchev–Trinajstić information content (AvgIpc) is 3.28. The van der Waals surface area contributed by atoms with Gasteiger partial charge in [-0.2, -0.15) is 0 Å². The second-order valence-electron chi connectivity index (χ2n) is 7.02. The maximum Gasteiger partial charge on any atom is 0.258 e. The van der Waals surface area contributed by atoms with Gasteiger partial charge in [0.2, 0.25) is 11.7 Å². The summed E-state index contributed by atoms with van der Waals surface area (Å²) in [6, 6.07) is 13.9. The van der Waals surface area contributed by atoms with Gasteiger partial charge in [-0.25, -0.2) is 4.98 Å². The van der Waals surface area contributed by atoms with Gasteiger partial charge in [-0.3, -0.25) is 14.4 Å². The van der Waals surface area contributed by atoms with E-state index in [2.05, 4.69) is 16.9 Å². The van der Waals surface area contributed by atoms with Crippen LogP contribution in [0.3, 0.4) is 0 Å². The number of carbonyl (C=O) groups excluding carboxylic acids is 3. The SMILES string of the molecule is C=C1c2ccccc2C(=O)N1CCC(=O)Nc1ccc(C(=O)c2nccn2C)cc1. The molecule has 2 heterocycles. The van der Waals surface area contributed by atoms with Crippen molar-refractivity contribution in [3.8, 4) is 0 Å². The summed E-state index contributed by atoms with van der Waals surface area (Å²) in [5.74, 6) is -0.204. The zero-order valence-electron chi connectivity index (χ0n) is 16.5. The number of fused-ring (bicyclic) bond motifs is 1. The second-order valence-corrected chi connectivity index (χ2v) is 7.02. The first kappa shape index (κ1) is 19.3. The highest BCUT2D eigenvalue weighted by Crippen LogP contribution is 2.31. The zero-order valence-corrected chi connectivity index (χ0v) is 16.5. The number of nitrogens with zero attached hydrogens (tertiary/aromatic N) is 3. The highest BCUT2D eigenvalue weighted by molar-refractivity contribution is 6.09. The molecule has 0 bridgehead atoms. The van der Waals surface area contributed by atoms with Crippen LogP contribution in [0.4, 0.5) is 5.69 Å². The minimum atomic E-state index is -0.227. The van der Waals surface area contributed by atoms with Gasteiger partial charge in [-0.05, 0) is 30.3 Å². The molecule has 150 valence electrons. The molecular weight excluding hydrogens is 380 g/mol. The van der Waals surface area contributed by atoms with Crippen LogP contribution in [0.1, 0.15) is 38.5 Å². The van der Waals surface area contributed by atoms with Crippen molar-refractivity contribution in [2.75, 3.05) is 11.9 Å². The van der Waals surface area contributed by atoms with Gasteiger partial charge in [0.1, 0.15) is 0 Å². The van der Waals surface area contributed by atoms with Crippen molar-refractivity contribution < 1.29 is 14.4 Å². The van der Waals surface area contributed by atoms with E-state index in [1.54, 1.807) is 54.3 Å². The smallest absolute Gasteiger partial charge is 0.258 e. The topological polar surface area (TPSA) is 84.3 Å². The van der Waals surface area contributed by atoms with Crippen molar-refractivity contribution in [2.24, 2.45) is 7.05 Å². The molecule has 3 aromatic rings. The van der Waals surface area contributed by atoms with E-state index in [1.165, 1.54) is 4.90 Å². The summed E-state index contributed by atoms with van der Waals surface area (Å²) in [6.45, 7) is 4.22. The maximum atomic E-state index is 12.5. The standard InChI is InChI=1S/C23H20N4O3/c1-15-18-5-3-4-6-19(18)23(30)27(15)13-11-20(28)25-17-9-7-16(8-10-17)21(29)22-24-12-14-26(22)2/h3-10,12,14H,1,11,13H2,2H3,(H,25,28). The molecule has 1 aliphatic rings. The van der Waals surface area contributed by atoms with Crippen LogP contribution >= 0.6 is 0 Å². The molecule has 2 aromatic carbocycles. The molecular formula is C23H20N4O3. The number of anilines is 1. The summed E-state index contributed by atoms with van der Waals surface area (Å²) in [5.41, 5.74) is 3.08. The van der Waals surface area contributed by atoms with E-state index in [4.69, 9.17) is 0 Å². The van der Waals surface area contributed by atoms with Gasteiger partial charge >= 0.3 is 0 Å². The van der Waals surface area contributed by atoms with Crippen molar-refractivity contribution in [2.45, 2.75) is 6.42 Å². The summed E-state index contributed by atoms with van der Waals surface area (Å²) >= 11 is 0. The Morgan fingerprint density at radius 3 is 2.40 bits per heavy atom. The van der Waals surface area contributed by atoms with Gasteiger partial charge < -0.3 is 14.8 Å². The van der Waals surface area contributed by atoms with E-state index >= 15 is 0 Å². The molecule has 1 N–H and O–H groups in total. The molecule has 0 fully saturated rings. The molecule has 4 rings (SSSR count). The number of amides is 2. The molecule has 0 aliphatic carbocycles. The number of nitrogens with one attached hydrogen (secondary N) is 1. The number of aryl methyl sites for hydroxylation is 1. The number of hydrogen-bond acceptors (Lipinski definition) is 4. The molecule has 2 amide bonds. The zero-order chi connectivity index (χ0) is 21.3. The van der Waals surface area contributed by atoms with Crippen LogP contribution in [-0.2, 0) is 11.8 Å². The highest BCUT2D eigenvalue weighted by atomic mass is 16.2. The number of aromatic nitrogens is 2.